The summed E-state index contributed by atoms with van der Waals surface area (Å²) in [6.07, 6.45) is 1.81. The topological polar surface area (TPSA) is 79.2 Å². The first kappa shape index (κ1) is 25.3. The summed E-state index contributed by atoms with van der Waals surface area (Å²) in [5.74, 6) is -0.542. The molecule has 1 N–H and O–H groups in total. The summed E-state index contributed by atoms with van der Waals surface area (Å²) >= 11 is 7.17. The lowest BCUT2D eigenvalue weighted by atomic mass is 10.2. The zero-order chi connectivity index (χ0) is 26.5. The third kappa shape index (κ3) is 5.96. The minimum Gasteiger partial charge on any atom is -0.489 e. The third-order valence-electron chi connectivity index (χ3n) is 5.64. The predicted octanol–water partition coefficient (Wildman–Crippen LogP) is 7.43. The smallest absolute Gasteiger partial charge is 0.335 e. The van der Waals surface area contributed by atoms with Gasteiger partial charge in [-0.25, -0.2) is 9.79 Å². The predicted molar refractivity (Wildman–Crippen MR) is 152 cm³/mol. The van der Waals surface area contributed by atoms with Crippen molar-refractivity contribution in [1.29, 1.82) is 0 Å². The first-order valence-corrected chi connectivity index (χ1v) is 12.8. The van der Waals surface area contributed by atoms with Gasteiger partial charge in [-0.05, 0) is 83.6 Å². The summed E-state index contributed by atoms with van der Waals surface area (Å²) in [6.45, 7) is 0.418. The summed E-state index contributed by atoms with van der Waals surface area (Å²) in [5, 5.41) is 10.4. The number of hydrogen-bond donors (Lipinski definition) is 1. The molecule has 0 unspecified atom stereocenters. The molecule has 0 atom stereocenters. The highest BCUT2D eigenvalue weighted by atomic mass is 35.5. The van der Waals surface area contributed by atoms with Gasteiger partial charge >= 0.3 is 5.97 Å². The van der Waals surface area contributed by atoms with Crippen LogP contribution in [0.25, 0.3) is 6.08 Å². The average Bonchev–Trinajstić information content (AvgIpc) is 3.23. The van der Waals surface area contributed by atoms with Crippen molar-refractivity contribution in [2.24, 2.45) is 4.99 Å². The zero-order valence-corrected chi connectivity index (χ0v) is 21.5. The van der Waals surface area contributed by atoms with Crippen LogP contribution in [0.4, 0.5) is 11.4 Å². The van der Waals surface area contributed by atoms with Gasteiger partial charge in [-0.15, -0.1) is 0 Å². The summed E-state index contributed by atoms with van der Waals surface area (Å²) in [7, 11) is 0. The molecule has 1 fully saturated rings. The minimum absolute atomic E-state index is 0.126. The Labute approximate surface area is 228 Å². The largest absolute Gasteiger partial charge is 0.489 e. The molecular weight excluding hydrogens is 520 g/mol. The lowest BCUT2D eigenvalue weighted by Crippen LogP contribution is -2.28. The van der Waals surface area contributed by atoms with Crippen molar-refractivity contribution in [3.05, 3.63) is 130 Å². The second-order valence-electron chi connectivity index (χ2n) is 8.32. The van der Waals surface area contributed by atoms with Crippen LogP contribution in [0.15, 0.2) is 113 Å². The van der Waals surface area contributed by atoms with E-state index < -0.39 is 5.97 Å². The first-order valence-electron chi connectivity index (χ1n) is 11.6. The van der Waals surface area contributed by atoms with Crippen molar-refractivity contribution in [3.8, 4) is 5.75 Å². The van der Waals surface area contributed by atoms with Gasteiger partial charge in [0, 0.05) is 5.02 Å². The fourth-order valence-electron chi connectivity index (χ4n) is 3.73. The number of amides is 1. The van der Waals surface area contributed by atoms with Crippen LogP contribution >= 0.6 is 23.4 Å². The van der Waals surface area contributed by atoms with Gasteiger partial charge in [-0.1, -0.05) is 60.1 Å². The maximum absolute atomic E-state index is 13.5. The van der Waals surface area contributed by atoms with Gasteiger partial charge < -0.3 is 9.84 Å². The van der Waals surface area contributed by atoms with Crippen LogP contribution in [0.5, 0.6) is 5.75 Å². The quantitative estimate of drug-likeness (QED) is 0.247. The van der Waals surface area contributed by atoms with Crippen molar-refractivity contribution in [3.63, 3.8) is 0 Å². The number of nitrogens with zero attached hydrogens (tertiary/aromatic N) is 2. The van der Waals surface area contributed by atoms with Gasteiger partial charge in [0.15, 0.2) is 5.17 Å². The number of thioether (sulfide) groups is 1. The second-order valence-corrected chi connectivity index (χ2v) is 9.77. The number of aromatic carboxylic acids is 1. The molecule has 188 valence electrons. The fraction of sp³-hybridized carbons (Fsp3) is 0.0333. The van der Waals surface area contributed by atoms with Crippen molar-refractivity contribution >= 4 is 57.9 Å². The first-order chi connectivity index (χ1) is 18.5. The summed E-state index contributed by atoms with van der Waals surface area (Å²) in [6, 6.07) is 30.5. The third-order valence-corrected chi connectivity index (χ3v) is 6.86. The Hall–Kier alpha value is -4.33. The number of benzene rings is 4. The Balaban J connectivity index is 1.39. The minimum atomic E-state index is -1.04. The molecule has 0 aromatic heterocycles. The van der Waals surface area contributed by atoms with E-state index >= 15 is 0 Å². The zero-order valence-electron chi connectivity index (χ0n) is 20.0. The molecule has 1 aliphatic heterocycles. The Bertz CT molecular complexity index is 1540. The van der Waals surface area contributed by atoms with Crippen molar-refractivity contribution in [2.45, 2.75) is 6.61 Å². The monoisotopic (exact) mass is 540 g/mol. The number of carbonyl (C=O) groups is 2. The molecule has 38 heavy (non-hydrogen) atoms. The molecule has 4 aromatic rings. The number of anilines is 1. The molecule has 0 bridgehead atoms. The van der Waals surface area contributed by atoms with E-state index in [1.54, 1.807) is 12.1 Å². The number of hydrogen-bond acceptors (Lipinski definition) is 5. The maximum Gasteiger partial charge on any atom is 0.335 e. The highest BCUT2D eigenvalue weighted by Crippen LogP contribution is 2.37. The number of carboxylic acids is 1. The van der Waals surface area contributed by atoms with Crippen LogP contribution in [-0.4, -0.2) is 22.2 Å². The van der Waals surface area contributed by atoms with Crippen LogP contribution < -0.4 is 9.64 Å². The molecule has 6 nitrogen and oxygen atoms in total. The van der Waals surface area contributed by atoms with Crippen molar-refractivity contribution in [2.75, 3.05) is 4.90 Å². The number of carboxylic acid groups (broad SMARTS) is 1. The van der Waals surface area contributed by atoms with Gasteiger partial charge in [-0.3, -0.25) is 9.69 Å². The van der Waals surface area contributed by atoms with E-state index in [1.165, 1.54) is 28.8 Å². The number of amidine groups is 1. The van der Waals surface area contributed by atoms with E-state index in [0.717, 1.165) is 11.1 Å². The van der Waals surface area contributed by atoms with Crippen LogP contribution in [-0.2, 0) is 11.4 Å². The number of carbonyl (C=O) groups excluding carboxylic acids is 1. The Morgan fingerprint density at radius 2 is 1.68 bits per heavy atom. The lowest BCUT2D eigenvalue weighted by Gasteiger charge is -2.15. The SMILES string of the molecule is O=C(O)c1cccc(N=C2S/C(=C\c3ccc(OCc4ccc(Cl)cc4)cc3)C(=O)N2c2ccccc2)c1. The molecule has 1 amide bonds. The van der Waals surface area contributed by atoms with Gasteiger partial charge in [0.2, 0.25) is 0 Å². The average molecular weight is 541 g/mol. The Kier molecular flexibility index (Phi) is 7.58. The summed E-state index contributed by atoms with van der Waals surface area (Å²) < 4.78 is 5.86. The summed E-state index contributed by atoms with van der Waals surface area (Å²) in [5.41, 5.74) is 3.09. The van der Waals surface area contributed by atoms with E-state index in [2.05, 4.69) is 4.99 Å². The number of para-hydroxylation sites is 1. The molecule has 1 aliphatic rings. The van der Waals surface area contributed by atoms with E-state index in [9.17, 15) is 14.7 Å². The van der Waals surface area contributed by atoms with Gasteiger partial charge in [0.05, 0.1) is 21.8 Å². The molecule has 0 aliphatic carbocycles. The van der Waals surface area contributed by atoms with E-state index in [-0.39, 0.29) is 11.5 Å². The molecule has 1 heterocycles. The van der Waals surface area contributed by atoms with Crippen LogP contribution in [0.1, 0.15) is 21.5 Å². The molecule has 8 heteroatoms. The van der Waals surface area contributed by atoms with Crippen LogP contribution in [0.3, 0.4) is 0 Å². The van der Waals surface area contributed by atoms with E-state index in [1.807, 2.05) is 84.9 Å². The van der Waals surface area contributed by atoms with Gasteiger partial charge in [0.1, 0.15) is 12.4 Å². The molecular formula is C30H21ClN2O4S. The molecule has 0 radical (unpaired) electrons. The molecule has 1 saturated heterocycles. The number of ether oxygens (including phenoxy) is 1. The molecule has 5 rings (SSSR count). The maximum atomic E-state index is 13.5. The molecule has 0 saturated carbocycles. The standard InChI is InChI=1S/C30H21ClN2O4S/c31-23-13-9-21(10-14-23)19-37-26-15-11-20(12-16-26)17-27-28(34)33(25-7-2-1-3-8-25)30(38-27)32-24-6-4-5-22(18-24)29(35)36/h1-18H,19H2,(H,35,36)/b27-17-,32-30?. The van der Waals surface area contributed by atoms with Gasteiger partial charge in [-0.2, -0.15) is 0 Å². The number of rotatable bonds is 7. The van der Waals surface area contributed by atoms with E-state index in [0.29, 0.717) is 38.8 Å². The van der Waals surface area contributed by atoms with Crippen molar-refractivity contribution < 1.29 is 19.4 Å². The highest BCUT2D eigenvalue weighted by molar-refractivity contribution is 8.19. The normalized spacial score (nSPS) is 15.3. The molecule has 0 spiro atoms. The summed E-state index contributed by atoms with van der Waals surface area (Å²) in [4.78, 5) is 31.5. The van der Waals surface area contributed by atoms with Crippen LogP contribution in [0, 0.1) is 0 Å². The Morgan fingerprint density at radius 1 is 0.947 bits per heavy atom. The van der Waals surface area contributed by atoms with Crippen molar-refractivity contribution in [1.82, 2.24) is 0 Å². The second kappa shape index (κ2) is 11.4. The molecule has 4 aromatic carbocycles. The fourth-order valence-corrected chi connectivity index (χ4v) is 4.86. The Morgan fingerprint density at radius 3 is 2.39 bits per heavy atom. The number of halogens is 1. The van der Waals surface area contributed by atoms with Gasteiger partial charge in [0.25, 0.3) is 5.91 Å². The highest BCUT2D eigenvalue weighted by Gasteiger charge is 2.34. The van der Waals surface area contributed by atoms with E-state index in [4.69, 9.17) is 16.3 Å². The lowest BCUT2D eigenvalue weighted by molar-refractivity contribution is -0.113. The number of aliphatic imine (C=N–C) groups is 1. The van der Waals surface area contributed by atoms with Crippen LogP contribution in [0.2, 0.25) is 5.02 Å².